The third-order valence-electron chi connectivity index (χ3n) is 4.78. The molecule has 3 N–H and O–H groups in total. The molecule has 1 aromatic heterocycles. The summed E-state index contributed by atoms with van der Waals surface area (Å²) >= 11 is 6.63. The third-order valence-corrected chi connectivity index (χ3v) is 5.11. The number of ether oxygens (including phenoxy) is 1. The highest BCUT2D eigenvalue weighted by Crippen LogP contribution is 2.37. The van der Waals surface area contributed by atoms with Crippen LogP contribution in [0.3, 0.4) is 0 Å². The molecule has 0 saturated carbocycles. The van der Waals surface area contributed by atoms with Crippen molar-refractivity contribution in [3.63, 3.8) is 0 Å². The Morgan fingerprint density at radius 1 is 1.32 bits per heavy atom. The maximum Gasteiger partial charge on any atom is 0.222 e. The molecule has 0 unspecified atom stereocenters. The van der Waals surface area contributed by atoms with Crippen LogP contribution in [0, 0.1) is 6.92 Å². The molecule has 6 nitrogen and oxygen atoms in total. The smallest absolute Gasteiger partial charge is 0.222 e. The van der Waals surface area contributed by atoms with Gasteiger partial charge in [-0.2, -0.15) is 4.98 Å². The van der Waals surface area contributed by atoms with E-state index in [0.717, 1.165) is 60.3 Å². The predicted molar refractivity (Wildman–Crippen MR) is 100 cm³/mol. The van der Waals surface area contributed by atoms with Crippen molar-refractivity contribution in [2.24, 2.45) is 0 Å². The molecular formula is C18H22ClN5O. The minimum Gasteiger partial charge on any atom is -0.384 e. The SMILES string of the molecule is Cc1cc(N2CCCOC[C@@H]2c2cc3c(cc2Cl)NCC3)nc(N)n1. The predicted octanol–water partition coefficient (Wildman–Crippen LogP) is 2.96. The molecule has 2 aliphatic rings. The van der Waals surface area contributed by atoms with Gasteiger partial charge in [0.05, 0.1) is 12.6 Å². The van der Waals surface area contributed by atoms with Crippen LogP contribution in [0.1, 0.15) is 29.3 Å². The molecule has 132 valence electrons. The second kappa shape index (κ2) is 6.69. The molecule has 1 saturated heterocycles. The quantitative estimate of drug-likeness (QED) is 0.858. The number of hydrogen-bond donors (Lipinski definition) is 2. The minimum atomic E-state index is 0.00889. The van der Waals surface area contributed by atoms with Crippen molar-refractivity contribution in [1.29, 1.82) is 0 Å². The number of fused-ring (bicyclic) bond motifs is 1. The van der Waals surface area contributed by atoms with E-state index in [1.807, 2.05) is 19.1 Å². The molecule has 0 radical (unpaired) electrons. The number of nitrogens with two attached hydrogens (primary N) is 1. The first kappa shape index (κ1) is 16.4. The fraction of sp³-hybridized carbons (Fsp3) is 0.444. The Kier molecular flexibility index (Phi) is 4.39. The molecule has 1 atom stereocenters. The number of benzene rings is 1. The first-order valence-electron chi connectivity index (χ1n) is 8.63. The monoisotopic (exact) mass is 359 g/mol. The van der Waals surface area contributed by atoms with Crippen LogP contribution in [0.4, 0.5) is 17.5 Å². The fourth-order valence-electron chi connectivity index (χ4n) is 3.63. The van der Waals surface area contributed by atoms with Crippen LogP contribution in [-0.4, -0.2) is 36.3 Å². The third kappa shape index (κ3) is 3.24. The van der Waals surface area contributed by atoms with Gasteiger partial charge >= 0.3 is 0 Å². The lowest BCUT2D eigenvalue weighted by Gasteiger charge is -2.31. The van der Waals surface area contributed by atoms with E-state index in [4.69, 9.17) is 22.1 Å². The molecule has 1 aromatic carbocycles. The van der Waals surface area contributed by atoms with Crippen LogP contribution in [0.25, 0.3) is 0 Å². The van der Waals surface area contributed by atoms with Crippen molar-refractivity contribution in [3.05, 3.63) is 40.0 Å². The van der Waals surface area contributed by atoms with Gasteiger partial charge in [0.2, 0.25) is 5.95 Å². The summed E-state index contributed by atoms with van der Waals surface area (Å²) in [5.74, 6) is 1.12. The largest absolute Gasteiger partial charge is 0.384 e. The Balaban J connectivity index is 1.77. The lowest BCUT2D eigenvalue weighted by molar-refractivity contribution is 0.134. The molecule has 0 amide bonds. The number of aryl methyl sites for hydroxylation is 1. The van der Waals surface area contributed by atoms with Crippen molar-refractivity contribution in [2.75, 3.05) is 42.3 Å². The Morgan fingerprint density at radius 2 is 2.20 bits per heavy atom. The number of rotatable bonds is 2. The Labute approximate surface area is 152 Å². The summed E-state index contributed by atoms with van der Waals surface area (Å²) in [6.45, 7) is 5.04. The molecular weight excluding hydrogens is 338 g/mol. The van der Waals surface area contributed by atoms with Gasteiger partial charge in [0.15, 0.2) is 0 Å². The molecule has 3 heterocycles. The molecule has 2 aliphatic heterocycles. The van der Waals surface area contributed by atoms with Crippen LogP contribution in [-0.2, 0) is 11.2 Å². The summed E-state index contributed by atoms with van der Waals surface area (Å²) in [6, 6.07) is 6.22. The standard InChI is InChI=1S/C18H22ClN5O/c1-11-7-17(23-18(20)22-11)24-5-2-6-25-10-16(24)13-8-12-3-4-21-15(12)9-14(13)19/h7-9,16,21H,2-6,10H2,1H3,(H2,20,22,23)/t16-/m1/s1. The zero-order chi connectivity index (χ0) is 17.4. The summed E-state index contributed by atoms with van der Waals surface area (Å²) in [5.41, 5.74) is 10.3. The normalized spacial score (nSPS) is 20.1. The molecule has 1 fully saturated rings. The molecule has 4 rings (SSSR count). The van der Waals surface area contributed by atoms with E-state index < -0.39 is 0 Å². The average molecular weight is 360 g/mol. The fourth-order valence-corrected chi connectivity index (χ4v) is 3.92. The number of hydrogen-bond acceptors (Lipinski definition) is 6. The molecule has 0 aliphatic carbocycles. The van der Waals surface area contributed by atoms with Gasteiger partial charge < -0.3 is 20.7 Å². The Morgan fingerprint density at radius 3 is 3.04 bits per heavy atom. The molecule has 25 heavy (non-hydrogen) atoms. The highest BCUT2D eigenvalue weighted by Gasteiger charge is 2.28. The summed E-state index contributed by atoms with van der Waals surface area (Å²) in [5, 5.41) is 4.13. The second-order valence-electron chi connectivity index (χ2n) is 6.57. The van der Waals surface area contributed by atoms with Gasteiger partial charge in [-0.15, -0.1) is 0 Å². The van der Waals surface area contributed by atoms with E-state index in [1.54, 1.807) is 0 Å². The van der Waals surface area contributed by atoms with E-state index in [-0.39, 0.29) is 6.04 Å². The van der Waals surface area contributed by atoms with E-state index in [9.17, 15) is 0 Å². The maximum atomic E-state index is 6.63. The van der Waals surface area contributed by atoms with Crippen LogP contribution in [0.5, 0.6) is 0 Å². The topological polar surface area (TPSA) is 76.3 Å². The van der Waals surface area contributed by atoms with Crippen LogP contribution in [0.15, 0.2) is 18.2 Å². The van der Waals surface area contributed by atoms with Gasteiger partial charge in [-0.1, -0.05) is 17.7 Å². The molecule has 2 aromatic rings. The van der Waals surface area contributed by atoms with Crippen molar-refractivity contribution >= 4 is 29.1 Å². The summed E-state index contributed by atoms with van der Waals surface area (Å²) in [4.78, 5) is 10.9. The van der Waals surface area contributed by atoms with Crippen molar-refractivity contribution in [2.45, 2.75) is 25.8 Å². The van der Waals surface area contributed by atoms with E-state index in [2.05, 4.69) is 26.3 Å². The zero-order valence-electron chi connectivity index (χ0n) is 14.3. The van der Waals surface area contributed by atoms with Gasteiger partial charge in [-0.25, -0.2) is 4.98 Å². The number of nitrogens with zero attached hydrogens (tertiary/aromatic N) is 3. The van der Waals surface area contributed by atoms with E-state index in [0.29, 0.717) is 12.6 Å². The number of aromatic nitrogens is 2. The lowest BCUT2D eigenvalue weighted by atomic mass is 10.0. The van der Waals surface area contributed by atoms with E-state index >= 15 is 0 Å². The van der Waals surface area contributed by atoms with Gasteiger partial charge in [-0.05, 0) is 37.0 Å². The van der Waals surface area contributed by atoms with Gasteiger partial charge in [-0.3, -0.25) is 0 Å². The number of halogens is 1. The number of anilines is 3. The number of nitrogens with one attached hydrogen (secondary N) is 1. The van der Waals surface area contributed by atoms with Crippen LogP contribution in [0.2, 0.25) is 5.02 Å². The number of nitrogen functional groups attached to an aromatic ring is 1. The summed E-state index contributed by atoms with van der Waals surface area (Å²) in [6.07, 6.45) is 1.95. The molecule has 7 heteroatoms. The van der Waals surface area contributed by atoms with Gasteiger partial charge in [0.25, 0.3) is 0 Å². The van der Waals surface area contributed by atoms with Crippen LogP contribution < -0.4 is 16.0 Å². The zero-order valence-corrected chi connectivity index (χ0v) is 15.0. The molecule has 0 bridgehead atoms. The Hall–Kier alpha value is -2.05. The van der Waals surface area contributed by atoms with Crippen molar-refractivity contribution < 1.29 is 4.74 Å². The first-order chi connectivity index (χ1) is 12.1. The summed E-state index contributed by atoms with van der Waals surface area (Å²) < 4.78 is 5.86. The minimum absolute atomic E-state index is 0.00889. The second-order valence-corrected chi connectivity index (χ2v) is 6.98. The summed E-state index contributed by atoms with van der Waals surface area (Å²) in [7, 11) is 0. The Bertz CT molecular complexity index is 777. The maximum absolute atomic E-state index is 6.63. The van der Waals surface area contributed by atoms with Crippen molar-refractivity contribution in [1.82, 2.24) is 9.97 Å². The first-order valence-corrected chi connectivity index (χ1v) is 9.01. The van der Waals surface area contributed by atoms with Gasteiger partial charge in [0.1, 0.15) is 5.82 Å². The highest BCUT2D eigenvalue weighted by atomic mass is 35.5. The van der Waals surface area contributed by atoms with E-state index in [1.165, 1.54) is 5.56 Å². The average Bonchev–Trinajstić information content (AvgIpc) is 2.87. The lowest BCUT2D eigenvalue weighted by Crippen LogP contribution is -2.32. The molecule has 0 spiro atoms. The highest BCUT2D eigenvalue weighted by molar-refractivity contribution is 6.31. The van der Waals surface area contributed by atoms with Crippen molar-refractivity contribution in [3.8, 4) is 0 Å². The van der Waals surface area contributed by atoms with Gasteiger partial charge in [0, 0.05) is 42.2 Å². The van der Waals surface area contributed by atoms with Crippen LogP contribution >= 0.6 is 11.6 Å².